The van der Waals surface area contributed by atoms with E-state index >= 15 is 0 Å². The zero-order valence-electron chi connectivity index (χ0n) is 5.93. The van der Waals surface area contributed by atoms with Gasteiger partial charge in [0, 0.05) is 6.42 Å². The maximum absolute atomic E-state index is 11.0. The van der Waals surface area contributed by atoms with E-state index in [-0.39, 0.29) is 0 Å². The largest absolute Gasteiger partial charge is 0.467 e. The predicted molar refractivity (Wildman–Crippen MR) is 42.1 cm³/mol. The molecule has 3 nitrogen and oxygen atoms in total. The van der Waals surface area contributed by atoms with E-state index in [4.69, 9.17) is 0 Å². The van der Waals surface area contributed by atoms with Crippen molar-refractivity contribution < 1.29 is 14.6 Å². The first-order chi connectivity index (χ1) is 5.11. The molecule has 0 aliphatic heterocycles. The summed E-state index contributed by atoms with van der Waals surface area (Å²) >= 11 is 3.04. The molecule has 0 saturated carbocycles. The summed E-state index contributed by atoms with van der Waals surface area (Å²) in [6, 6.07) is 0. The smallest absolute Gasteiger partial charge is 0.337 e. The van der Waals surface area contributed by atoms with E-state index in [9.17, 15) is 9.90 Å². The lowest BCUT2D eigenvalue weighted by molar-refractivity contribution is -0.143. The van der Waals surface area contributed by atoms with Crippen LogP contribution >= 0.6 is 15.9 Å². The number of esters is 1. The van der Waals surface area contributed by atoms with Crippen LogP contribution in [0.25, 0.3) is 0 Å². The van der Waals surface area contributed by atoms with Gasteiger partial charge in [-0.15, -0.1) is 0 Å². The van der Waals surface area contributed by atoms with Crippen molar-refractivity contribution >= 4 is 21.9 Å². The first-order valence-corrected chi connectivity index (χ1v) is 3.86. The van der Waals surface area contributed by atoms with Crippen LogP contribution in [0.2, 0.25) is 0 Å². The SMILES string of the molecule is COC(=O)C1(Br)C#CCC1O. The second-order valence-corrected chi connectivity index (χ2v) is 3.48. The first-order valence-electron chi connectivity index (χ1n) is 3.06. The topological polar surface area (TPSA) is 46.5 Å². The summed E-state index contributed by atoms with van der Waals surface area (Å²) in [5.41, 5.74) is 0. The molecule has 0 aromatic rings. The number of alkyl halides is 1. The minimum absolute atomic E-state index is 0.306. The van der Waals surface area contributed by atoms with Gasteiger partial charge in [-0.3, -0.25) is 0 Å². The zero-order chi connectivity index (χ0) is 8.48. The predicted octanol–water partition coefficient (Wildman–Crippen LogP) is 0.0611. The Hall–Kier alpha value is -0.530. The molecule has 0 aromatic carbocycles. The summed E-state index contributed by atoms with van der Waals surface area (Å²) in [5, 5.41) is 9.28. The van der Waals surface area contributed by atoms with Gasteiger partial charge in [0.05, 0.1) is 7.11 Å². The number of carbonyl (C=O) groups excluding carboxylic acids is 1. The minimum atomic E-state index is -1.19. The van der Waals surface area contributed by atoms with E-state index in [0.717, 1.165) is 0 Å². The van der Waals surface area contributed by atoms with Crippen LogP contribution in [0.15, 0.2) is 0 Å². The molecule has 0 fully saturated rings. The molecule has 60 valence electrons. The average Bonchev–Trinajstić information content (AvgIpc) is 2.32. The van der Waals surface area contributed by atoms with Gasteiger partial charge in [0.25, 0.3) is 0 Å². The maximum Gasteiger partial charge on any atom is 0.337 e. The van der Waals surface area contributed by atoms with Crippen molar-refractivity contribution in [1.29, 1.82) is 0 Å². The lowest BCUT2D eigenvalue weighted by Gasteiger charge is -2.19. The fourth-order valence-corrected chi connectivity index (χ4v) is 1.30. The van der Waals surface area contributed by atoms with Crippen LogP contribution < -0.4 is 0 Å². The van der Waals surface area contributed by atoms with E-state index in [2.05, 4.69) is 32.5 Å². The van der Waals surface area contributed by atoms with Gasteiger partial charge in [0.15, 0.2) is 0 Å². The van der Waals surface area contributed by atoms with Crippen LogP contribution in [0.1, 0.15) is 6.42 Å². The molecule has 2 atom stereocenters. The van der Waals surface area contributed by atoms with Crippen LogP contribution in [0.3, 0.4) is 0 Å². The third-order valence-corrected chi connectivity index (χ3v) is 2.56. The number of halogens is 1. The lowest BCUT2D eigenvalue weighted by Crippen LogP contribution is -2.40. The zero-order valence-corrected chi connectivity index (χ0v) is 7.51. The van der Waals surface area contributed by atoms with Crippen LogP contribution in [-0.2, 0) is 9.53 Å². The summed E-state index contributed by atoms with van der Waals surface area (Å²) in [6.07, 6.45) is -0.518. The summed E-state index contributed by atoms with van der Waals surface area (Å²) in [5.74, 6) is 4.66. The fraction of sp³-hybridized carbons (Fsp3) is 0.571. The highest BCUT2D eigenvalue weighted by Crippen LogP contribution is 2.29. The van der Waals surface area contributed by atoms with Crippen molar-refractivity contribution in [2.45, 2.75) is 16.8 Å². The molecule has 1 aliphatic carbocycles. The van der Waals surface area contributed by atoms with Crippen LogP contribution in [0.5, 0.6) is 0 Å². The number of hydrogen-bond acceptors (Lipinski definition) is 3. The number of methoxy groups -OCH3 is 1. The van der Waals surface area contributed by atoms with E-state index in [1.165, 1.54) is 7.11 Å². The Labute approximate surface area is 72.9 Å². The van der Waals surface area contributed by atoms with Gasteiger partial charge in [0.1, 0.15) is 6.10 Å². The normalized spacial score (nSPS) is 34.3. The van der Waals surface area contributed by atoms with Gasteiger partial charge >= 0.3 is 5.97 Å². The average molecular weight is 219 g/mol. The van der Waals surface area contributed by atoms with E-state index in [1.54, 1.807) is 0 Å². The monoisotopic (exact) mass is 218 g/mol. The Morgan fingerprint density at radius 1 is 1.91 bits per heavy atom. The Morgan fingerprint density at radius 3 is 2.91 bits per heavy atom. The highest BCUT2D eigenvalue weighted by atomic mass is 79.9. The molecule has 11 heavy (non-hydrogen) atoms. The van der Waals surface area contributed by atoms with E-state index < -0.39 is 16.4 Å². The van der Waals surface area contributed by atoms with Gasteiger partial charge in [-0.1, -0.05) is 27.8 Å². The van der Waals surface area contributed by atoms with Crippen molar-refractivity contribution in [1.82, 2.24) is 0 Å². The number of aliphatic hydroxyl groups excluding tert-OH is 1. The van der Waals surface area contributed by atoms with Crippen molar-refractivity contribution in [3.05, 3.63) is 0 Å². The van der Waals surface area contributed by atoms with E-state index in [0.29, 0.717) is 6.42 Å². The molecular formula is C7H7BrO3. The molecule has 1 rings (SSSR count). The highest BCUT2D eigenvalue weighted by molar-refractivity contribution is 9.10. The fourth-order valence-electron chi connectivity index (χ4n) is 0.836. The van der Waals surface area contributed by atoms with Crippen molar-refractivity contribution in [2.24, 2.45) is 0 Å². The molecule has 4 heteroatoms. The number of aliphatic hydroxyl groups is 1. The number of hydrogen-bond donors (Lipinski definition) is 1. The molecule has 1 aliphatic rings. The van der Waals surface area contributed by atoms with Crippen LogP contribution in [0, 0.1) is 11.8 Å². The van der Waals surface area contributed by atoms with Gasteiger partial charge in [-0.05, 0) is 0 Å². The van der Waals surface area contributed by atoms with Gasteiger partial charge < -0.3 is 9.84 Å². The molecular weight excluding hydrogens is 212 g/mol. The summed E-state index contributed by atoms with van der Waals surface area (Å²) in [4.78, 5) is 11.0. The Kier molecular flexibility index (Phi) is 2.21. The Bertz CT molecular complexity index is 240. The second kappa shape index (κ2) is 2.84. The van der Waals surface area contributed by atoms with Crippen molar-refractivity contribution in [3.8, 4) is 11.8 Å². The van der Waals surface area contributed by atoms with E-state index in [1.807, 2.05) is 0 Å². The third kappa shape index (κ3) is 1.26. The van der Waals surface area contributed by atoms with Gasteiger partial charge in [-0.25, -0.2) is 4.79 Å². The Morgan fingerprint density at radius 2 is 2.55 bits per heavy atom. The quantitative estimate of drug-likeness (QED) is 0.385. The summed E-state index contributed by atoms with van der Waals surface area (Å²) in [7, 11) is 1.26. The van der Waals surface area contributed by atoms with Crippen LogP contribution in [0.4, 0.5) is 0 Å². The molecule has 0 amide bonds. The molecule has 0 heterocycles. The molecule has 2 unspecified atom stereocenters. The van der Waals surface area contributed by atoms with Crippen LogP contribution in [-0.4, -0.2) is 28.6 Å². The minimum Gasteiger partial charge on any atom is -0.467 e. The summed E-state index contributed by atoms with van der Waals surface area (Å²) in [6.45, 7) is 0. The third-order valence-electron chi connectivity index (χ3n) is 1.51. The maximum atomic E-state index is 11.0. The van der Waals surface area contributed by atoms with Gasteiger partial charge in [0.2, 0.25) is 4.32 Å². The molecule has 1 N–H and O–H groups in total. The number of rotatable bonds is 1. The molecule has 0 aromatic heterocycles. The van der Waals surface area contributed by atoms with Gasteiger partial charge in [-0.2, -0.15) is 0 Å². The molecule has 0 spiro atoms. The lowest BCUT2D eigenvalue weighted by atomic mass is 10.1. The highest BCUT2D eigenvalue weighted by Gasteiger charge is 2.44. The number of ether oxygens (including phenoxy) is 1. The second-order valence-electron chi connectivity index (χ2n) is 2.23. The Balaban J connectivity index is 2.84. The molecule has 0 saturated heterocycles. The van der Waals surface area contributed by atoms with Crippen molar-refractivity contribution in [2.75, 3.05) is 7.11 Å². The first kappa shape index (κ1) is 8.57. The molecule has 0 radical (unpaired) electrons. The van der Waals surface area contributed by atoms with Crippen molar-refractivity contribution in [3.63, 3.8) is 0 Å². The standard InChI is InChI=1S/C7H7BrO3/c1-11-6(10)7(8)4-2-3-5(7)9/h5,9H,3H2,1H3. The molecule has 0 bridgehead atoms. The summed E-state index contributed by atoms with van der Waals surface area (Å²) < 4.78 is 3.27. The number of carbonyl (C=O) groups is 1.